The minimum Gasteiger partial charge on any atom is -0.379 e. The fraction of sp³-hybridized carbons (Fsp3) is 0.833. The van der Waals surface area contributed by atoms with Crippen LogP contribution in [0.1, 0.15) is 6.92 Å². The molecule has 0 aromatic carbocycles. The van der Waals surface area contributed by atoms with E-state index in [0.717, 1.165) is 39.4 Å². The van der Waals surface area contributed by atoms with Crippen LogP contribution < -0.4 is 11.1 Å². The van der Waals surface area contributed by atoms with Crippen LogP contribution in [0.5, 0.6) is 0 Å². The average molecular weight is 272 g/mol. The van der Waals surface area contributed by atoms with Crippen molar-refractivity contribution in [2.24, 2.45) is 5.73 Å². The second-order valence-corrected chi connectivity index (χ2v) is 4.87. The molecular formula is C12H24N4O3. The van der Waals surface area contributed by atoms with E-state index in [4.69, 9.17) is 10.5 Å². The summed E-state index contributed by atoms with van der Waals surface area (Å²) in [7, 11) is 1.91. The Labute approximate surface area is 114 Å². The summed E-state index contributed by atoms with van der Waals surface area (Å²) in [6.45, 7) is 6.99. The minimum atomic E-state index is -0.632. The molecule has 0 aromatic rings. The third kappa shape index (κ3) is 6.51. The van der Waals surface area contributed by atoms with E-state index in [1.807, 2.05) is 11.9 Å². The Hall–Kier alpha value is -1.18. The van der Waals surface area contributed by atoms with Crippen LogP contribution in [-0.2, 0) is 14.3 Å². The molecule has 1 heterocycles. The predicted molar refractivity (Wildman–Crippen MR) is 71.6 cm³/mol. The van der Waals surface area contributed by atoms with Crippen LogP contribution >= 0.6 is 0 Å². The quantitative estimate of drug-likeness (QED) is 0.573. The van der Waals surface area contributed by atoms with Crippen molar-refractivity contribution in [1.82, 2.24) is 15.1 Å². The number of nitrogens with zero attached hydrogens (tertiary/aromatic N) is 2. The zero-order chi connectivity index (χ0) is 14.3. The number of hydrogen-bond acceptors (Lipinski definition) is 5. The number of nitrogens with one attached hydrogen (secondary N) is 1. The molecule has 1 unspecified atom stereocenters. The number of hydrogen-bond donors (Lipinski definition) is 2. The van der Waals surface area contributed by atoms with Gasteiger partial charge in [-0.3, -0.25) is 14.5 Å². The highest BCUT2D eigenvalue weighted by Crippen LogP contribution is 1.97. The Morgan fingerprint density at radius 2 is 2.05 bits per heavy atom. The molecule has 0 bridgehead atoms. The summed E-state index contributed by atoms with van der Waals surface area (Å²) in [5, 5.41) is 2.56. The van der Waals surface area contributed by atoms with Gasteiger partial charge in [-0.25, -0.2) is 0 Å². The molecule has 19 heavy (non-hydrogen) atoms. The Morgan fingerprint density at radius 3 is 2.58 bits per heavy atom. The fourth-order valence-corrected chi connectivity index (χ4v) is 1.99. The Kier molecular flexibility index (Phi) is 6.75. The first-order chi connectivity index (χ1) is 8.99. The zero-order valence-corrected chi connectivity index (χ0v) is 11.7. The standard InChI is InChI=1S/C12H24N4O3/c1-10(17)14-11(12(13)18)9-15(2)3-4-16-5-7-19-8-6-16/h11H,3-9H2,1-2H3,(H2,13,18)(H,14,17). The minimum absolute atomic E-state index is 0.245. The summed E-state index contributed by atoms with van der Waals surface area (Å²) < 4.78 is 5.28. The lowest BCUT2D eigenvalue weighted by Crippen LogP contribution is -2.51. The molecule has 1 rings (SSSR count). The molecule has 0 aromatic heterocycles. The molecule has 1 atom stereocenters. The van der Waals surface area contributed by atoms with Crippen LogP contribution in [0.3, 0.4) is 0 Å². The number of morpholine rings is 1. The highest BCUT2D eigenvalue weighted by Gasteiger charge is 2.19. The Morgan fingerprint density at radius 1 is 1.42 bits per heavy atom. The Balaban J connectivity index is 2.28. The van der Waals surface area contributed by atoms with Crippen molar-refractivity contribution in [2.45, 2.75) is 13.0 Å². The van der Waals surface area contributed by atoms with Gasteiger partial charge in [0, 0.05) is 39.6 Å². The van der Waals surface area contributed by atoms with Gasteiger partial charge in [0.25, 0.3) is 0 Å². The second kappa shape index (κ2) is 8.08. The second-order valence-electron chi connectivity index (χ2n) is 4.87. The third-order valence-electron chi connectivity index (χ3n) is 3.12. The molecule has 0 saturated carbocycles. The zero-order valence-electron chi connectivity index (χ0n) is 11.7. The summed E-state index contributed by atoms with van der Waals surface area (Å²) >= 11 is 0. The molecular weight excluding hydrogens is 248 g/mol. The van der Waals surface area contributed by atoms with Gasteiger partial charge in [0.2, 0.25) is 11.8 Å². The molecule has 2 amide bonds. The van der Waals surface area contributed by atoms with Gasteiger partial charge in [-0.15, -0.1) is 0 Å². The SMILES string of the molecule is CC(=O)NC(CN(C)CCN1CCOCC1)C(N)=O. The van der Waals surface area contributed by atoms with E-state index < -0.39 is 11.9 Å². The molecule has 7 nitrogen and oxygen atoms in total. The van der Waals surface area contributed by atoms with Gasteiger partial charge in [-0.2, -0.15) is 0 Å². The van der Waals surface area contributed by atoms with Crippen LogP contribution in [0.25, 0.3) is 0 Å². The number of ether oxygens (including phenoxy) is 1. The van der Waals surface area contributed by atoms with Gasteiger partial charge in [0.05, 0.1) is 13.2 Å². The van der Waals surface area contributed by atoms with Crippen molar-refractivity contribution < 1.29 is 14.3 Å². The maximum Gasteiger partial charge on any atom is 0.241 e. The van der Waals surface area contributed by atoms with Crippen molar-refractivity contribution in [3.63, 3.8) is 0 Å². The highest BCUT2D eigenvalue weighted by molar-refractivity contribution is 5.85. The molecule has 7 heteroatoms. The number of amides is 2. The van der Waals surface area contributed by atoms with Crippen LogP contribution in [-0.4, -0.2) is 80.6 Å². The van der Waals surface area contributed by atoms with Crippen LogP contribution in [0.15, 0.2) is 0 Å². The first kappa shape index (κ1) is 15.9. The molecule has 1 aliphatic heterocycles. The van der Waals surface area contributed by atoms with Gasteiger partial charge in [-0.1, -0.05) is 0 Å². The largest absolute Gasteiger partial charge is 0.379 e. The van der Waals surface area contributed by atoms with Crippen molar-refractivity contribution in [3.05, 3.63) is 0 Å². The first-order valence-corrected chi connectivity index (χ1v) is 6.54. The van der Waals surface area contributed by atoms with E-state index in [1.165, 1.54) is 6.92 Å². The summed E-state index contributed by atoms with van der Waals surface area (Å²) in [5.74, 6) is -0.751. The normalized spacial score (nSPS) is 18.3. The van der Waals surface area contributed by atoms with Crippen molar-refractivity contribution in [1.29, 1.82) is 0 Å². The number of carbonyl (C=O) groups excluding carboxylic acids is 2. The van der Waals surface area contributed by atoms with E-state index in [0.29, 0.717) is 6.54 Å². The maximum atomic E-state index is 11.2. The van der Waals surface area contributed by atoms with E-state index in [9.17, 15) is 9.59 Å². The summed E-state index contributed by atoms with van der Waals surface area (Å²) in [4.78, 5) is 26.5. The number of likely N-dealkylation sites (N-methyl/N-ethyl adjacent to an activating group) is 1. The number of carbonyl (C=O) groups is 2. The fourth-order valence-electron chi connectivity index (χ4n) is 1.99. The van der Waals surface area contributed by atoms with Crippen LogP contribution in [0.2, 0.25) is 0 Å². The molecule has 110 valence electrons. The smallest absolute Gasteiger partial charge is 0.241 e. The lowest BCUT2D eigenvalue weighted by molar-refractivity contribution is -0.126. The molecule has 3 N–H and O–H groups in total. The van der Waals surface area contributed by atoms with Gasteiger partial charge in [0.15, 0.2) is 0 Å². The molecule has 0 radical (unpaired) electrons. The lowest BCUT2D eigenvalue weighted by atomic mass is 10.2. The summed E-state index contributed by atoms with van der Waals surface area (Å²) in [5.41, 5.74) is 5.26. The molecule has 0 spiro atoms. The van der Waals surface area contributed by atoms with E-state index in [2.05, 4.69) is 10.2 Å². The molecule has 1 fully saturated rings. The summed E-state index contributed by atoms with van der Waals surface area (Å²) in [6.07, 6.45) is 0. The molecule has 0 aliphatic carbocycles. The van der Waals surface area contributed by atoms with E-state index in [-0.39, 0.29) is 5.91 Å². The number of rotatable bonds is 7. The topological polar surface area (TPSA) is 87.9 Å². The summed E-state index contributed by atoms with van der Waals surface area (Å²) in [6, 6.07) is -0.632. The van der Waals surface area contributed by atoms with Crippen molar-refractivity contribution in [3.8, 4) is 0 Å². The van der Waals surface area contributed by atoms with Crippen molar-refractivity contribution >= 4 is 11.8 Å². The number of primary amides is 1. The van der Waals surface area contributed by atoms with Crippen LogP contribution in [0, 0.1) is 0 Å². The predicted octanol–water partition coefficient (Wildman–Crippen LogP) is -1.76. The average Bonchev–Trinajstić information content (AvgIpc) is 2.36. The Bertz CT molecular complexity index is 305. The lowest BCUT2D eigenvalue weighted by Gasteiger charge is -2.29. The van der Waals surface area contributed by atoms with Crippen molar-refractivity contribution in [2.75, 3.05) is 53.0 Å². The monoisotopic (exact) mass is 272 g/mol. The van der Waals surface area contributed by atoms with Gasteiger partial charge >= 0.3 is 0 Å². The van der Waals surface area contributed by atoms with Gasteiger partial charge < -0.3 is 20.7 Å². The third-order valence-corrected chi connectivity index (χ3v) is 3.12. The van der Waals surface area contributed by atoms with Crippen LogP contribution in [0.4, 0.5) is 0 Å². The maximum absolute atomic E-state index is 11.2. The van der Waals surface area contributed by atoms with E-state index in [1.54, 1.807) is 0 Å². The van der Waals surface area contributed by atoms with Gasteiger partial charge in [0.1, 0.15) is 6.04 Å². The highest BCUT2D eigenvalue weighted by atomic mass is 16.5. The number of nitrogens with two attached hydrogens (primary N) is 1. The first-order valence-electron chi connectivity index (χ1n) is 6.54. The molecule has 1 saturated heterocycles. The van der Waals surface area contributed by atoms with E-state index >= 15 is 0 Å². The molecule has 1 aliphatic rings. The van der Waals surface area contributed by atoms with Gasteiger partial charge in [-0.05, 0) is 7.05 Å².